The predicted molar refractivity (Wildman–Crippen MR) is 153 cm³/mol. The van der Waals surface area contributed by atoms with Gasteiger partial charge in [0.15, 0.2) is 0 Å². The van der Waals surface area contributed by atoms with Gasteiger partial charge in [0.1, 0.15) is 23.4 Å². The van der Waals surface area contributed by atoms with Crippen LogP contribution in [0.1, 0.15) is 40.0 Å². The number of carboxylic acids is 1. The fourth-order valence-electron chi connectivity index (χ4n) is 5.84. The van der Waals surface area contributed by atoms with Crippen LogP contribution in [-0.4, -0.2) is 75.9 Å². The third kappa shape index (κ3) is 7.37. The lowest BCUT2D eigenvalue weighted by atomic mass is 9.95. The summed E-state index contributed by atoms with van der Waals surface area (Å²) in [4.78, 5) is 15.8. The Kier molecular flexibility index (Phi) is 10.5. The fraction of sp³-hybridized carbons (Fsp3) is 0.581. The molecule has 0 bridgehead atoms. The molecule has 1 N–H and O–H groups in total. The first kappa shape index (κ1) is 29.9. The van der Waals surface area contributed by atoms with Crippen LogP contribution in [0.5, 0.6) is 11.5 Å². The van der Waals surface area contributed by atoms with Crippen molar-refractivity contribution in [3.63, 3.8) is 0 Å². The van der Waals surface area contributed by atoms with Crippen molar-refractivity contribution in [2.24, 2.45) is 11.8 Å². The minimum atomic E-state index is -0.813. The normalized spacial score (nSPS) is 24.8. The molecule has 5 atom stereocenters. The number of carboxylic acid groups (broad SMARTS) is 1. The van der Waals surface area contributed by atoms with Gasteiger partial charge in [-0.05, 0) is 49.7 Å². The first-order valence-electron chi connectivity index (χ1n) is 14.3. The lowest BCUT2D eigenvalue weighted by Crippen LogP contribution is -2.44. The Morgan fingerprint density at radius 2 is 1.80 bits per heavy atom. The van der Waals surface area contributed by atoms with Crippen LogP contribution in [0.2, 0.25) is 0 Å². The number of hydrogen-bond donors (Lipinski definition) is 1. The summed E-state index contributed by atoms with van der Waals surface area (Å²) in [7, 11) is 1.67. The Bertz CT molecular complexity index is 1100. The van der Waals surface area contributed by atoms with Gasteiger partial charge in [-0.2, -0.15) is 0 Å². The van der Waals surface area contributed by atoms with Gasteiger partial charge in [-0.25, -0.2) is 4.39 Å². The van der Waals surface area contributed by atoms with Crippen molar-refractivity contribution < 1.29 is 33.2 Å². The summed E-state index contributed by atoms with van der Waals surface area (Å²) in [5.41, 5.74) is 1.53. The highest BCUT2D eigenvalue weighted by atomic mass is 19.1. The third-order valence-electron chi connectivity index (χ3n) is 8.03. The molecule has 0 radical (unpaired) electrons. The number of methoxy groups -OCH3 is 1. The van der Waals surface area contributed by atoms with Crippen molar-refractivity contribution in [2.45, 2.75) is 58.3 Å². The number of halogens is 1. The number of nitrogens with zero attached hydrogens (tertiary/aromatic N) is 2. The molecule has 8 nitrogen and oxygen atoms in total. The Morgan fingerprint density at radius 1 is 1.05 bits per heavy atom. The minimum absolute atomic E-state index is 0.0108. The highest BCUT2D eigenvalue weighted by Crippen LogP contribution is 2.35. The first-order chi connectivity index (χ1) is 19.3. The van der Waals surface area contributed by atoms with Crippen molar-refractivity contribution in [1.82, 2.24) is 0 Å². The van der Waals surface area contributed by atoms with Crippen molar-refractivity contribution in [3.8, 4) is 11.5 Å². The number of aliphatic carboxylic acids is 1. The second kappa shape index (κ2) is 14.0. The van der Waals surface area contributed by atoms with E-state index >= 15 is 0 Å². The van der Waals surface area contributed by atoms with Crippen LogP contribution in [-0.2, 0) is 14.3 Å². The van der Waals surface area contributed by atoms with Gasteiger partial charge >= 0.3 is 5.97 Å². The SMILES string of the molecule is CCOc1ccc(F)c(N2CC[C@@H](Oc3ccc(N4C[C@H](OCCCOC)[C@@H](C)[C@@H]4CC(=O)O)cc3)[C@H](C)C2)c1. The number of anilines is 2. The van der Waals surface area contributed by atoms with Crippen molar-refractivity contribution in [3.05, 3.63) is 48.3 Å². The molecule has 2 heterocycles. The maximum absolute atomic E-state index is 14.6. The van der Waals surface area contributed by atoms with E-state index in [9.17, 15) is 14.3 Å². The fourth-order valence-corrected chi connectivity index (χ4v) is 5.84. The predicted octanol–water partition coefficient (Wildman–Crippen LogP) is 5.24. The molecule has 2 aromatic rings. The summed E-state index contributed by atoms with van der Waals surface area (Å²) in [6, 6.07) is 12.7. The Labute approximate surface area is 237 Å². The van der Waals surface area contributed by atoms with Crippen LogP contribution in [0.4, 0.5) is 15.8 Å². The number of piperidine rings is 1. The Balaban J connectivity index is 1.37. The second-order valence-electron chi connectivity index (χ2n) is 10.8. The van der Waals surface area contributed by atoms with E-state index in [1.807, 2.05) is 31.2 Å². The highest BCUT2D eigenvalue weighted by Gasteiger charge is 2.41. The Hall–Kier alpha value is -3.04. The smallest absolute Gasteiger partial charge is 0.305 e. The lowest BCUT2D eigenvalue weighted by molar-refractivity contribution is -0.137. The van der Waals surface area contributed by atoms with Gasteiger partial charge in [-0.1, -0.05) is 13.8 Å². The average molecular weight is 559 g/mol. The molecule has 2 saturated heterocycles. The molecule has 0 unspecified atom stereocenters. The molecule has 2 aromatic carbocycles. The molecule has 2 aliphatic heterocycles. The van der Waals surface area contributed by atoms with Crippen LogP contribution in [0.25, 0.3) is 0 Å². The van der Waals surface area contributed by atoms with E-state index in [2.05, 4.69) is 23.6 Å². The molecule has 0 aromatic heterocycles. The zero-order valence-electron chi connectivity index (χ0n) is 24.1. The monoisotopic (exact) mass is 558 g/mol. The molecule has 9 heteroatoms. The van der Waals surface area contributed by atoms with Crippen LogP contribution in [0.3, 0.4) is 0 Å². The van der Waals surface area contributed by atoms with Gasteiger partial charge in [-0.3, -0.25) is 4.79 Å². The van der Waals surface area contributed by atoms with Gasteiger partial charge in [0, 0.05) is 76.0 Å². The van der Waals surface area contributed by atoms with Crippen LogP contribution >= 0.6 is 0 Å². The average Bonchev–Trinajstić information content (AvgIpc) is 3.23. The maximum Gasteiger partial charge on any atom is 0.305 e. The van der Waals surface area contributed by atoms with E-state index in [1.165, 1.54) is 6.07 Å². The van der Waals surface area contributed by atoms with Gasteiger partial charge in [-0.15, -0.1) is 0 Å². The summed E-state index contributed by atoms with van der Waals surface area (Å²) in [6.45, 7) is 9.89. The molecular weight excluding hydrogens is 515 g/mol. The number of benzene rings is 2. The van der Waals surface area contributed by atoms with Crippen LogP contribution in [0, 0.1) is 17.7 Å². The molecule has 0 spiro atoms. The summed E-state index contributed by atoms with van der Waals surface area (Å²) in [5.74, 6) is 0.663. The molecule has 0 aliphatic carbocycles. The standard InChI is InChI=1S/C31H43FN2O6/c1-5-38-25-11-12-26(32)28(17-25)33-14-13-29(21(2)19-33)40-24-9-7-23(8-10-24)34-20-30(39-16-6-15-37-4)22(3)27(34)18-31(35)36/h7-12,17,21-22,27,29-30H,5-6,13-16,18-20H2,1-4H3,(H,35,36)/t21-,22+,27+,29-,30+/m1/s1. The van der Waals surface area contributed by atoms with E-state index in [1.54, 1.807) is 19.2 Å². The van der Waals surface area contributed by atoms with Gasteiger partial charge in [0.2, 0.25) is 0 Å². The van der Waals surface area contributed by atoms with Crippen molar-refractivity contribution in [1.29, 1.82) is 0 Å². The Morgan fingerprint density at radius 3 is 2.48 bits per heavy atom. The zero-order chi connectivity index (χ0) is 28.6. The maximum atomic E-state index is 14.6. The summed E-state index contributed by atoms with van der Waals surface area (Å²) >= 11 is 0. The first-order valence-corrected chi connectivity index (χ1v) is 14.3. The zero-order valence-corrected chi connectivity index (χ0v) is 24.1. The van der Waals surface area contributed by atoms with Crippen LogP contribution in [0.15, 0.2) is 42.5 Å². The molecule has 2 fully saturated rings. The molecule has 2 aliphatic rings. The van der Waals surface area contributed by atoms with E-state index in [4.69, 9.17) is 18.9 Å². The van der Waals surface area contributed by atoms with E-state index in [0.29, 0.717) is 50.9 Å². The summed E-state index contributed by atoms with van der Waals surface area (Å²) < 4.78 is 37.8. The number of ether oxygens (including phenoxy) is 4. The molecule has 0 saturated carbocycles. The number of carbonyl (C=O) groups is 1. The lowest BCUT2D eigenvalue weighted by Gasteiger charge is -2.38. The molecule has 0 amide bonds. The molecule has 220 valence electrons. The highest BCUT2D eigenvalue weighted by molar-refractivity contribution is 5.69. The molecule has 40 heavy (non-hydrogen) atoms. The largest absolute Gasteiger partial charge is 0.494 e. The van der Waals surface area contributed by atoms with E-state index in [0.717, 1.165) is 24.3 Å². The summed E-state index contributed by atoms with van der Waals surface area (Å²) in [6.07, 6.45) is 1.61. The van der Waals surface area contributed by atoms with Gasteiger partial charge in [0.05, 0.1) is 24.8 Å². The number of rotatable bonds is 13. The van der Waals surface area contributed by atoms with Crippen LogP contribution < -0.4 is 19.3 Å². The quantitative estimate of drug-likeness (QED) is 0.335. The number of hydrogen-bond acceptors (Lipinski definition) is 7. The topological polar surface area (TPSA) is 80.7 Å². The van der Waals surface area contributed by atoms with E-state index in [-0.39, 0.29) is 42.3 Å². The van der Waals surface area contributed by atoms with Gasteiger partial charge < -0.3 is 33.9 Å². The van der Waals surface area contributed by atoms with Crippen molar-refractivity contribution >= 4 is 17.3 Å². The van der Waals surface area contributed by atoms with E-state index < -0.39 is 5.97 Å². The minimum Gasteiger partial charge on any atom is -0.494 e. The van der Waals surface area contributed by atoms with Crippen molar-refractivity contribution in [2.75, 3.05) is 56.4 Å². The van der Waals surface area contributed by atoms with Gasteiger partial charge in [0.25, 0.3) is 0 Å². The summed E-state index contributed by atoms with van der Waals surface area (Å²) in [5, 5.41) is 9.55. The molecular formula is C31H43FN2O6. The molecule has 4 rings (SSSR count). The second-order valence-corrected chi connectivity index (χ2v) is 10.8. The third-order valence-corrected chi connectivity index (χ3v) is 8.03.